The normalized spacial score (nSPS) is 21.3. The molecule has 1 fully saturated rings. The van der Waals surface area contributed by atoms with Gasteiger partial charge in [-0.3, -0.25) is 0 Å². The van der Waals surface area contributed by atoms with Crippen molar-refractivity contribution >= 4 is 8.32 Å². The van der Waals surface area contributed by atoms with Gasteiger partial charge in [0.25, 0.3) is 0 Å². The van der Waals surface area contributed by atoms with Crippen LogP contribution in [0.15, 0.2) is 121 Å². The molecule has 1 aliphatic heterocycles. The fourth-order valence-electron chi connectivity index (χ4n) is 7.49. The van der Waals surface area contributed by atoms with Gasteiger partial charge in [0.1, 0.15) is 24.4 Å². The Morgan fingerprint density at radius 3 is 1.18 bits per heavy atom. The Hall–Kier alpha value is -3.14. The van der Waals surface area contributed by atoms with Crippen molar-refractivity contribution in [3.63, 3.8) is 0 Å². The molecule has 0 N–H and O–H groups in total. The average Bonchev–Trinajstić information content (AvgIpc) is 3.13. The van der Waals surface area contributed by atoms with E-state index in [2.05, 4.69) is 90.1 Å². The van der Waals surface area contributed by atoms with Gasteiger partial charge in [-0.1, -0.05) is 163 Å². The van der Waals surface area contributed by atoms with E-state index >= 15 is 0 Å². The van der Waals surface area contributed by atoms with Crippen LogP contribution < -0.4 is 0 Å². The summed E-state index contributed by atoms with van der Waals surface area (Å²) in [5.41, 5.74) is 5.54. The largest absolute Gasteiger partial charge is 0.413 e. The van der Waals surface area contributed by atoms with E-state index in [1.54, 1.807) is 0 Å². The minimum absolute atomic E-state index is 0.369. The lowest BCUT2D eigenvalue weighted by molar-refractivity contribution is -0.328. The van der Waals surface area contributed by atoms with Crippen LogP contribution in [0.3, 0.4) is 0 Å². The van der Waals surface area contributed by atoms with Crippen molar-refractivity contribution in [2.45, 2.75) is 115 Å². The van der Waals surface area contributed by atoms with Gasteiger partial charge in [0.2, 0.25) is 0 Å². The zero-order chi connectivity index (χ0) is 35.3. The summed E-state index contributed by atoms with van der Waals surface area (Å²) in [6, 6.07) is 40.9. The monoisotopic (exact) mass is 696 g/mol. The van der Waals surface area contributed by atoms with E-state index in [1.165, 1.54) is 0 Å². The van der Waals surface area contributed by atoms with Gasteiger partial charge < -0.3 is 28.1 Å². The Kier molecular flexibility index (Phi) is 14.4. The highest BCUT2D eigenvalue weighted by Gasteiger charge is 2.51. The molecule has 0 radical (unpaired) electrons. The lowest BCUT2D eigenvalue weighted by atomic mass is 9.97. The van der Waals surface area contributed by atoms with Crippen molar-refractivity contribution in [2.24, 2.45) is 0 Å². The molecule has 0 saturated carbocycles. The molecule has 5 atom stereocenters. The summed E-state index contributed by atoms with van der Waals surface area (Å²) in [7, 11) is -2.24. The minimum atomic E-state index is -2.24. The van der Waals surface area contributed by atoms with Crippen LogP contribution in [0.25, 0.3) is 0 Å². The van der Waals surface area contributed by atoms with Gasteiger partial charge in [0.05, 0.1) is 33.0 Å². The Balaban J connectivity index is 1.52. The number of ether oxygens (including phenoxy) is 5. The Morgan fingerprint density at radius 1 is 0.460 bits per heavy atom. The third-order valence-corrected chi connectivity index (χ3v) is 16.0. The molecule has 1 saturated heterocycles. The van der Waals surface area contributed by atoms with Crippen molar-refractivity contribution in [1.29, 1.82) is 0 Å². The van der Waals surface area contributed by atoms with E-state index in [4.69, 9.17) is 28.1 Å². The van der Waals surface area contributed by atoms with Crippen molar-refractivity contribution in [1.82, 2.24) is 0 Å². The highest BCUT2D eigenvalue weighted by Crippen LogP contribution is 2.43. The van der Waals surface area contributed by atoms with E-state index < -0.39 is 39.0 Å². The van der Waals surface area contributed by atoms with Crippen LogP contribution >= 0.6 is 0 Å². The molecule has 4 aromatic rings. The van der Waals surface area contributed by atoms with E-state index in [9.17, 15) is 0 Å². The zero-order valence-electron chi connectivity index (χ0n) is 30.7. The maximum absolute atomic E-state index is 7.20. The number of hydrogen-bond donors (Lipinski definition) is 0. The topological polar surface area (TPSA) is 55.4 Å². The van der Waals surface area contributed by atoms with Crippen LogP contribution in [0.4, 0.5) is 0 Å². The highest BCUT2D eigenvalue weighted by atomic mass is 28.4. The molecular weight excluding hydrogens is 641 g/mol. The minimum Gasteiger partial charge on any atom is -0.413 e. The van der Waals surface area contributed by atoms with Crippen LogP contribution in [0, 0.1) is 0 Å². The molecular formula is C43H56O6Si. The predicted octanol–water partition coefficient (Wildman–Crippen LogP) is 9.88. The summed E-state index contributed by atoms with van der Waals surface area (Å²) in [4.78, 5) is 0. The number of hydrogen-bond acceptors (Lipinski definition) is 6. The SMILES string of the molecule is CC(C)[Si](OC[C@H]1OC(OCc2ccccc2)[C@@H](OCc2ccccc2)[C@@H](OCc2ccccc2)[C@@H]1OCc1ccccc1)(C(C)C)C(C)C. The fraction of sp³-hybridized carbons (Fsp3) is 0.442. The first-order valence-corrected chi connectivity index (χ1v) is 20.3. The van der Waals surface area contributed by atoms with Gasteiger partial charge in [-0.15, -0.1) is 0 Å². The summed E-state index contributed by atoms with van der Waals surface area (Å²) in [6.07, 6.45) is -2.77. The van der Waals surface area contributed by atoms with Crippen LogP contribution in [0.1, 0.15) is 63.8 Å². The molecule has 1 heterocycles. The average molecular weight is 697 g/mol. The van der Waals surface area contributed by atoms with E-state index in [0.717, 1.165) is 22.3 Å². The summed E-state index contributed by atoms with van der Waals surface area (Å²) in [5, 5.41) is 0. The Bertz CT molecular complexity index is 1480. The Morgan fingerprint density at radius 2 is 0.800 bits per heavy atom. The summed E-state index contributed by atoms with van der Waals surface area (Å²) in [5.74, 6) is 0. The second-order valence-corrected chi connectivity index (χ2v) is 19.7. The van der Waals surface area contributed by atoms with Crippen LogP contribution in [0.2, 0.25) is 16.6 Å². The van der Waals surface area contributed by atoms with E-state index in [1.807, 2.05) is 72.8 Å². The van der Waals surface area contributed by atoms with Gasteiger partial charge in [-0.05, 0) is 38.9 Å². The molecule has 0 aliphatic carbocycles. The fourth-order valence-corrected chi connectivity index (χ4v) is 12.9. The molecule has 4 aromatic carbocycles. The highest BCUT2D eigenvalue weighted by molar-refractivity contribution is 6.77. The first kappa shape index (κ1) is 38.1. The Labute approximate surface area is 301 Å². The van der Waals surface area contributed by atoms with Gasteiger partial charge >= 0.3 is 0 Å². The first-order chi connectivity index (χ1) is 24.3. The van der Waals surface area contributed by atoms with Gasteiger partial charge in [-0.25, -0.2) is 0 Å². The molecule has 0 aromatic heterocycles. The molecule has 5 rings (SSSR count). The maximum Gasteiger partial charge on any atom is 0.200 e. The lowest BCUT2D eigenvalue weighted by Crippen LogP contribution is -2.62. The molecule has 0 bridgehead atoms. The predicted molar refractivity (Wildman–Crippen MR) is 202 cm³/mol. The third-order valence-electron chi connectivity index (χ3n) is 9.91. The van der Waals surface area contributed by atoms with Crippen molar-refractivity contribution < 1.29 is 28.1 Å². The molecule has 0 spiro atoms. The van der Waals surface area contributed by atoms with E-state index in [0.29, 0.717) is 49.7 Å². The smallest absolute Gasteiger partial charge is 0.200 e. The lowest BCUT2D eigenvalue weighted by Gasteiger charge is -2.48. The number of benzene rings is 4. The van der Waals surface area contributed by atoms with Gasteiger partial charge in [-0.2, -0.15) is 0 Å². The first-order valence-electron chi connectivity index (χ1n) is 18.2. The standard InChI is InChI=1S/C43H56O6Si/c1-32(2)50(33(3)4,34(5)6)48-31-39-40(44-27-35-19-11-7-12-20-35)41(45-28-36-21-13-8-14-22-36)42(46-29-37-23-15-9-16-24-37)43(49-39)47-30-38-25-17-10-18-26-38/h7-26,32-34,39-43H,27-31H2,1-6H3/t39-,40-,41+,42+,43?/m1/s1. The molecule has 1 unspecified atom stereocenters. The molecule has 50 heavy (non-hydrogen) atoms. The van der Waals surface area contributed by atoms with Crippen molar-refractivity contribution in [3.05, 3.63) is 144 Å². The molecule has 7 heteroatoms. The molecule has 1 aliphatic rings. The summed E-state index contributed by atoms with van der Waals surface area (Å²) in [6.45, 7) is 15.8. The van der Waals surface area contributed by atoms with Crippen LogP contribution in [0.5, 0.6) is 0 Å². The second kappa shape index (κ2) is 18.9. The molecule has 268 valence electrons. The maximum atomic E-state index is 7.20. The van der Waals surface area contributed by atoms with E-state index in [-0.39, 0.29) is 0 Å². The molecule has 6 nitrogen and oxygen atoms in total. The quantitative estimate of drug-likeness (QED) is 0.0966. The second-order valence-electron chi connectivity index (χ2n) is 14.3. The summed E-state index contributed by atoms with van der Waals surface area (Å²) < 4.78 is 41.4. The molecule has 0 amide bonds. The number of rotatable bonds is 18. The zero-order valence-corrected chi connectivity index (χ0v) is 31.7. The van der Waals surface area contributed by atoms with Crippen LogP contribution in [-0.4, -0.2) is 45.6 Å². The van der Waals surface area contributed by atoms with Gasteiger partial charge in [0, 0.05) is 0 Å². The third kappa shape index (κ3) is 10.0. The van der Waals surface area contributed by atoms with Gasteiger partial charge in [0.15, 0.2) is 14.6 Å². The van der Waals surface area contributed by atoms with Crippen molar-refractivity contribution in [3.8, 4) is 0 Å². The summed E-state index contributed by atoms with van der Waals surface area (Å²) >= 11 is 0. The van der Waals surface area contributed by atoms with Crippen LogP contribution in [-0.2, 0) is 54.5 Å². The van der Waals surface area contributed by atoms with Crippen molar-refractivity contribution in [2.75, 3.05) is 6.61 Å².